The fourth-order valence-electron chi connectivity index (χ4n) is 2.88. The van der Waals surface area contributed by atoms with Gasteiger partial charge in [0.15, 0.2) is 0 Å². The lowest BCUT2D eigenvalue weighted by Crippen LogP contribution is -2.20. The van der Waals surface area contributed by atoms with Gasteiger partial charge in [-0.3, -0.25) is 4.79 Å². The topological polar surface area (TPSA) is 86.6 Å². The fourth-order valence-corrected chi connectivity index (χ4v) is 3.08. The second-order valence-corrected chi connectivity index (χ2v) is 9.28. The SMILES string of the molecule is CC(C)(C)c1cc(C(=O)Nc2ccc(Cl)c(C(=O)O)c2)cc(C(C)(C)C)c1O. The minimum Gasteiger partial charge on any atom is -0.507 e. The van der Waals surface area contributed by atoms with E-state index in [9.17, 15) is 19.8 Å². The van der Waals surface area contributed by atoms with Gasteiger partial charge in [-0.2, -0.15) is 0 Å². The van der Waals surface area contributed by atoms with Crippen molar-refractivity contribution < 1.29 is 19.8 Å². The Labute approximate surface area is 170 Å². The lowest BCUT2D eigenvalue weighted by Gasteiger charge is -2.28. The van der Waals surface area contributed by atoms with E-state index in [-0.39, 0.29) is 27.2 Å². The lowest BCUT2D eigenvalue weighted by molar-refractivity contribution is 0.0696. The molecule has 2 rings (SSSR count). The van der Waals surface area contributed by atoms with Crippen LogP contribution in [0.25, 0.3) is 0 Å². The van der Waals surface area contributed by atoms with Gasteiger partial charge in [0.2, 0.25) is 0 Å². The molecule has 0 saturated heterocycles. The zero-order valence-corrected chi connectivity index (χ0v) is 17.7. The third kappa shape index (κ3) is 4.65. The van der Waals surface area contributed by atoms with E-state index in [2.05, 4.69) is 5.32 Å². The molecule has 150 valence electrons. The van der Waals surface area contributed by atoms with Gasteiger partial charge in [0.05, 0.1) is 10.6 Å². The predicted octanol–water partition coefficient (Wildman–Crippen LogP) is 5.59. The van der Waals surface area contributed by atoms with Crippen LogP contribution in [0.4, 0.5) is 5.69 Å². The maximum atomic E-state index is 12.9. The van der Waals surface area contributed by atoms with Crippen LogP contribution in [0.5, 0.6) is 5.75 Å². The Bertz CT molecular complexity index is 902. The molecule has 6 heteroatoms. The van der Waals surface area contributed by atoms with E-state index >= 15 is 0 Å². The number of aromatic carboxylic acids is 1. The first kappa shape index (κ1) is 21.8. The van der Waals surface area contributed by atoms with Crippen LogP contribution in [-0.4, -0.2) is 22.1 Å². The molecule has 0 aliphatic heterocycles. The quantitative estimate of drug-likeness (QED) is 0.623. The molecule has 0 aromatic heterocycles. The number of hydrogen-bond acceptors (Lipinski definition) is 3. The number of carbonyl (C=O) groups is 2. The molecular weight excluding hydrogens is 378 g/mol. The molecule has 0 atom stereocenters. The number of carboxylic acid groups (broad SMARTS) is 1. The number of benzene rings is 2. The predicted molar refractivity (Wildman–Crippen MR) is 112 cm³/mol. The number of aromatic hydroxyl groups is 1. The summed E-state index contributed by atoms with van der Waals surface area (Å²) >= 11 is 5.88. The zero-order valence-electron chi connectivity index (χ0n) is 17.0. The maximum Gasteiger partial charge on any atom is 0.337 e. The van der Waals surface area contributed by atoms with Crippen molar-refractivity contribution in [2.75, 3.05) is 5.32 Å². The molecule has 5 nitrogen and oxygen atoms in total. The van der Waals surface area contributed by atoms with Gasteiger partial charge in [0.1, 0.15) is 5.75 Å². The van der Waals surface area contributed by atoms with E-state index < -0.39 is 11.9 Å². The van der Waals surface area contributed by atoms with E-state index in [0.717, 1.165) is 0 Å². The van der Waals surface area contributed by atoms with Crippen LogP contribution >= 0.6 is 11.6 Å². The normalized spacial score (nSPS) is 12.0. The second-order valence-electron chi connectivity index (χ2n) is 8.87. The second kappa shape index (κ2) is 7.47. The standard InChI is InChI=1S/C22H26ClNO4/c1-21(2,3)15-9-12(10-16(18(15)25)22(4,5)6)19(26)24-13-7-8-17(23)14(11-13)20(27)28/h7-11,25H,1-6H3,(H,24,26)(H,27,28). The van der Waals surface area contributed by atoms with Crippen LogP contribution < -0.4 is 5.32 Å². The van der Waals surface area contributed by atoms with Gasteiger partial charge in [-0.1, -0.05) is 53.1 Å². The molecule has 0 saturated carbocycles. The molecule has 0 unspecified atom stereocenters. The Hall–Kier alpha value is -2.53. The minimum atomic E-state index is -1.17. The number of amides is 1. The van der Waals surface area contributed by atoms with Crippen molar-refractivity contribution >= 4 is 29.2 Å². The van der Waals surface area contributed by atoms with Crippen molar-refractivity contribution in [1.82, 2.24) is 0 Å². The van der Waals surface area contributed by atoms with Gasteiger partial charge in [0.25, 0.3) is 5.91 Å². The van der Waals surface area contributed by atoms with Crippen molar-refractivity contribution in [2.45, 2.75) is 52.4 Å². The molecule has 0 fully saturated rings. The molecule has 0 spiro atoms. The van der Waals surface area contributed by atoms with E-state index in [1.807, 2.05) is 41.5 Å². The van der Waals surface area contributed by atoms with Crippen molar-refractivity contribution in [3.63, 3.8) is 0 Å². The van der Waals surface area contributed by atoms with Crippen LogP contribution in [0.3, 0.4) is 0 Å². The number of hydrogen-bond donors (Lipinski definition) is 3. The number of anilines is 1. The van der Waals surface area contributed by atoms with Gasteiger partial charge in [0, 0.05) is 22.4 Å². The summed E-state index contributed by atoms with van der Waals surface area (Å²) in [5, 5.41) is 22.8. The largest absolute Gasteiger partial charge is 0.507 e. The average molecular weight is 404 g/mol. The Morgan fingerprint density at radius 1 is 0.929 bits per heavy atom. The number of carbonyl (C=O) groups excluding carboxylic acids is 1. The summed E-state index contributed by atoms with van der Waals surface area (Å²) in [5.74, 6) is -1.37. The molecule has 2 aromatic rings. The van der Waals surface area contributed by atoms with E-state index in [1.165, 1.54) is 12.1 Å². The Kier molecular flexibility index (Phi) is 5.81. The molecule has 2 aromatic carbocycles. The van der Waals surface area contributed by atoms with Crippen molar-refractivity contribution in [3.8, 4) is 5.75 Å². The number of halogens is 1. The Balaban J connectivity index is 2.51. The summed E-state index contributed by atoms with van der Waals surface area (Å²) < 4.78 is 0. The first-order valence-electron chi connectivity index (χ1n) is 8.94. The van der Waals surface area contributed by atoms with Crippen molar-refractivity contribution in [3.05, 3.63) is 57.6 Å². The Morgan fingerprint density at radius 2 is 1.43 bits per heavy atom. The molecule has 28 heavy (non-hydrogen) atoms. The molecule has 0 radical (unpaired) electrons. The third-order valence-electron chi connectivity index (χ3n) is 4.44. The van der Waals surface area contributed by atoms with Gasteiger partial charge in [-0.15, -0.1) is 0 Å². The average Bonchev–Trinajstić information content (AvgIpc) is 2.54. The van der Waals surface area contributed by atoms with Crippen LogP contribution in [0.2, 0.25) is 5.02 Å². The number of carboxylic acids is 1. The highest BCUT2D eigenvalue weighted by Crippen LogP contribution is 2.40. The van der Waals surface area contributed by atoms with Crippen LogP contribution in [0.1, 0.15) is 73.4 Å². The highest BCUT2D eigenvalue weighted by atomic mass is 35.5. The number of phenolic OH excluding ortho intramolecular Hbond substituents is 1. The molecule has 0 heterocycles. The minimum absolute atomic E-state index is 0.0871. The summed E-state index contributed by atoms with van der Waals surface area (Å²) in [5.41, 5.74) is 1.25. The van der Waals surface area contributed by atoms with E-state index in [4.69, 9.17) is 11.6 Å². The van der Waals surface area contributed by atoms with Crippen LogP contribution in [-0.2, 0) is 10.8 Å². The monoisotopic (exact) mass is 403 g/mol. The molecule has 3 N–H and O–H groups in total. The zero-order chi connectivity index (χ0) is 21.4. The summed E-state index contributed by atoms with van der Waals surface area (Å²) in [7, 11) is 0. The van der Waals surface area contributed by atoms with Crippen LogP contribution in [0.15, 0.2) is 30.3 Å². The van der Waals surface area contributed by atoms with Gasteiger partial charge in [-0.25, -0.2) is 4.79 Å². The molecule has 0 aliphatic carbocycles. The summed E-state index contributed by atoms with van der Waals surface area (Å²) in [6.45, 7) is 11.8. The highest BCUT2D eigenvalue weighted by molar-refractivity contribution is 6.33. The highest BCUT2D eigenvalue weighted by Gasteiger charge is 2.28. The van der Waals surface area contributed by atoms with E-state index in [0.29, 0.717) is 22.4 Å². The Morgan fingerprint density at radius 3 is 1.86 bits per heavy atom. The molecule has 0 bridgehead atoms. The number of phenols is 1. The van der Waals surface area contributed by atoms with Crippen molar-refractivity contribution in [1.29, 1.82) is 0 Å². The summed E-state index contributed by atoms with van der Waals surface area (Å²) in [4.78, 5) is 24.1. The lowest BCUT2D eigenvalue weighted by atomic mass is 9.78. The fraction of sp³-hybridized carbons (Fsp3) is 0.364. The van der Waals surface area contributed by atoms with Gasteiger partial charge >= 0.3 is 5.97 Å². The summed E-state index contributed by atoms with van der Waals surface area (Å²) in [6.07, 6.45) is 0. The number of rotatable bonds is 3. The van der Waals surface area contributed by atoms with Gasteiger partial charge in [-0.05, 0) is 41.2 Å². The number of nitrogens with one attached hydrogen (secondary N) is 1. The maximum absolute atomic E-state index is 12.9. The molecule has 1 amide bonds. The molecular formula is C22H26ClNO4. The van der Waals surface area contributed by atoms with Gasteiger partial charge < -0.3 is 15.5 Å². The third-order valence-corrected chi connectivity index (χ3v) is 4.77. The first-order valence-corrected chi connectivity index (χ1v) is 9.32. The van der Waals surface area contributed by atoms with Crippen molar-refractivity contribution in [2.24, 2.45) is 0 Å². The van der Waals surface area contributed by atoms with Crippen LogP contribution in [0, 0.1) is 0 Å². The first-order chi connectivity index (χ1) is 12.7. The summed E-state index contributed by atoms with van der Waals surface area (Å²) in [6, 6.07) is 7.64. The smallest absolute Gasteiger partial charge is 0.337 e. The molecule has 0 aliphatic rings. The van der Waals surface area contributed by atoms with E-state index in [1.54, 1.807) is 18.2 Å².